The summed E-state index contributed by atoms with van der Waals surface area (Å²) < 4.78 is 0.757. The summed E-state index contributed by atoms with van der Waals surface area (Å²) in [6.07, 6.45) is 1.24. The average molecular weight is 272 g/mol. The lowest BCUT2D eigenvalue weighted by molar-refractivity contribution is 0.552. The van der Waals surface area contributed by atoms with Crippen LogP contribution in [-0.2, 0) is 11.8 Å². The van der Waals surface area contributed by atoms with Crippen LogP contribution in [0.4, 0.5) is 0 Å². The van der Waals surface area contributed by atoms with Crippen LogP contribution >= 0.6 is 22.6 Å². The van der Waals surface area contributed by atoms with Crippen molar-refractivity contribution in [2.24, 2.45) is 0 Å². The maximum atomic E-state index is 2.57. The van der Waals surface area contributed by atoms with Gasteiger partial charge in [0.2, 0.25) is 0 Å². The van der Waals surface area contributed by atoms with Gasteiger partial charge in [0.25, 0.3) is 0 Å². The number of hydrogen-bond donors (Lipinski definition) is 0. The van der Waals surface area contributed by atoms with Crippen LogP contribution in [0.1, 0.15) is 25.0 Å². The summed E-state index contributed by atoms with van der Waals surface area (Å²) in [6, 6.07) is 8.82. The number of alkyl halides is 1. The Kier molecular flexibility index (Phi) is 1.94. The van der Waals surface area contributed by atoms with E-state index in [1.54, 1.807) is 11.1 Å². The second-order valence-electron chi connectivity index (χ2n) is 4.05. The Labute approximate surface area is 87.5 Å². The topological polar surface area (TPSA) is 0 Å². The fourth-order valence-corrected chi connectivity index (χ4v) is 2.75. The van der Waals surface area contributed by atoms with Gasteiger partial charge in [-0.25, -0.2) is 0 Å². The normalized spacial score (nSPS) is 25.4. The molecule has 1 aliphatic carbocycles. The predicted molar refractivity (Wildman–Crippen MR) is 61.0 cm³/mol. The Morgan fingerprint density at radius 3 is 2.67 bits per heavy atom. The number of fused-ring (bicyclic) bond motifs is 1. The highest BCUT2D eigenvalue weighted by Crippen LogP contribution is 2.42. The molecular weight excluding hydrogens is 259 g/mol. The van der Waals surface area contributed by atoms with Crippen LogP contribution in [0.15, 0.2) is 24.3 Å². The summed E-state index contributed by atoms with van der Waals surface area (Å²) in [5, 5.41) is 0. The number of rotatable bonds is 0. The van der Waals surface area contributed by atoms with Crippen LogP contribution in [0.5, 0.6) is 0 Å². The standard InChI is InChI=1S/C11H13I/c1-11(2)9-6-4-3-5-8(9)7-10(11)12/h3-6,10H,7H2,1-2H3. The van der Waals surface area contributed by atoms with Crippen molar-refractivity contribution in [2.45, 2.75) is 29.6 Å². The van der Waals surface area contributed by atoms with Gasteiger partial charge in [-0.05, 0) is 17.5 Å². The molecule has 64 valence electrons. The monoisotopic (exact) mass is 272 g/mol. The molecule has 1 aliphatic rings. The molecule has 0 aromatic heterocycles. The predicted octanol–water partition coefficient (Wildman–Crippen LogP) is 3.32. The lowest BCUT2D eigenvalue weighted by Gasteiger charge is -2.23. The van der Waals surface area contributed by atoms with Gasteiger partial charge in [-0.1, -0.05) is 60.7 Å². The van der Waals surface area contributed by atoms with Crippen LogP contribution in [0.25, 0.3) is 0 Å². The number of halogens is 1. The molecule has 1 heteroatoms. The molecule has 12 heavy (non-hydrogen) atoms. The second-order valence-corrected chi connectivity index (χ2v) is 5.55. The van der Waals surface area contributed by atoms with E-state index in [1.165, 1.54) is 6.42 Å². The highest BCUT2D eigenvalue weighted by molar-refractivity contribution is 14.1. The maximum Gasteiger partial charge on any atom is 0.0242 e. The van der Waals surface area contributed by atoms with E-state index in [9.17, 15) is 0 Å². The molecule has 2 rings (SSSR count). The summed E-state index contributed by atoms with van der Waals surface area (Å²) in [7, 11) is 0. The molecule has 0 N–H and O–H groups in total. The molecule has 0 radical (unpaired) electrons. The maximum absolute atomic E-state index is 2.57. The van der Waals surface area contributed by atoms with Crippen molar-refractivity contribution in [1.29, 1.82) is 0 Å². The molecule has 1 atom stereocenters. The summed E-state index contributed by atoms with van der Waals surface area (Å²) >= 11 is 2.57. The van der Waals surface area contributed by atoms with Crippen molar-refractivity contribution < 1.29 is 0 Å². The molecule has 1 unspecified atom stereocenters. The number of hydrogen-bond acceptors (Lipinski definition) is 0. The Balaban J connectivity index is 2.55. The molecule has 1 aromatic rings. The van der Waals surface area contributed by atoms with Gasteiger partial charge in [-0.3, -0.25) is 0 Å². The third-order valence-corrected chi connectivity index (χ3v) is 4.89. The zero-order valence-electron chi connectivity index (χ0n) is 7.47. The second kappa shape index (κ2) is 2.72. The first-order valence-corrected chi connectivity index (χ1v) is 5.59. The van der Waals surface area contributed by atoms with Gasteiger partial charge in [-0.2, -0.15) is 0 Å². The van der Waals surface area contributed by atoms with Crippen LogP contribution in [0.3, 0.4) is 0 Å². The van der Waals surface area contributed by atoms with Crippen molar-refractivity contribution in [1.82, 2.24) is 0 Å². The van der Waals surface area contributed by atoms with Crippen molar-refractivity contribution in [3.63, 3.8) is 0 Å². The van der Waals surface area contributed by atoms with E-state index >= 15 is 0 Å². The highest BCUT2D eigenvalue weighted by Gasteiger charge is 2.36. The fourth-order valence-electron chi connectivity index (χ4n) is 1.94. The van der Waals surface area contributed by atoms with Gasteiger partial charge < -0.3 is 0 Å². The number of benzene rings is 1. The van der Waals surface area contributed by atoms with Crippen LogP contribution in [0.2, 0.25) is 0 Å². The fraction of sp³-hybridized carbons (Fsp3) is 0.455. The summed E-state index contributed by atoms with van der Waals surface area (Å²) in [5.74, 6) is 0. The molecule has 0 saturated heterocycles. The zero-order valence-corrected chi connectivity index (χ0v) is 9.63. The SMILES string of the molecule is CC1(C)c2ccccc2CC1I. The Bertz CT molecular complexity index is 302. The summed E-state index contributed by atoms with van der Waals surface area (Å²) in [5.41, 5.74) is 3.46. The van der Waals surface area contributed by atoms with E-state index in [-0.39, 0.29) is 0 Å². The highest BCUT2D eigenvalue weighted by atomic mass is 127. The Morgan fingerprint density at radius 2 is 2.00 bits per heavy atom. The minimum Gasteiger partial charge on any atom is -0.0813 e. The molecular formula is C11H13I. The van der Waals surface area contributed by atoms with Crippen molar-refractivity contribution in [3.05, 3.63) is 35.4 Å². The molecule has 0 heterocycles. The van der Waals surface area contributed by atoms with Crippen LogP contribution in [-0.4, -0.2) is 3.92 Å². The van der Waals surface area contributed by atoms with E-state index in [4.69, 9.17) is 0 Å². The van der Waals surface area contributed by atoms with Gasteiger partial charge in [0, 0.05) is 9.34 Å². The quantitative estimate of drug-likeness (QED) is 0.502. The van der Waals surface area contributed by atoms with Crippen molar-refractivity contribution >= 4 is 22.6 Å². The third-order valence-electron chi connectivity index (χ3n) is 2.89. The molecule has 0 bridgehead atoms. The van der Waals surface area contributed by atoms with E-state index in [2.05, 4.69) is 60.7 Å². The summed E-state index contributed by atoms with van der Waals surface area (Å²) in [4.78, 5) is 0. The molecule has 0 amide bonds. The minimum absolute atomic E-state index is 0.372. The lowest BCUT2D eigenvalue weighted by Crippen LogP contribution is -2.23. The first-order chi connectivity index (χ1) is 5.62. The Hall–Kier alpha value is -0.0500. The van der Waals surface area contributed by atoms with E-state index < -0.39 is 0 Å². The van der Waals surface area contributed by atoms with Crippen molar-refractivity contribution in [2.75, 3.05) is 0 Å². The van der Waals surface area contributed by atoms with Crippen molar-refractivity contribution in [3.8, 4) is 0 Å². The molecule has 0 fully saturated rings. The first kappa shape index (κ1) is 8.54. The Morgan fingerprint density at radius 1 is 1.33 bits per heavy atom. The molecule has 0 spiro atoms. The van der Waals surface area contributed by atoms with E-state index in [0.717, 1.165) is 3.92 Å². The van der Waals surface area contributed by atoms with Gasteiger partial charge in [0.15, 0.2) is 0 Å². The molecule has 0 saturated carbocycles. The zero-order chi connectivity index (χ0) is 8.77. The van der Waals surface area contributed by atoms with E-state index in [0.29, 0.717) is 5.41 Å². The van der Waals surface area contributed by atoms with Gasteiger partial charge >= 0.3 is 0 Å². The average Bonchev–Trinajstić information content (AvgIpc) is 2.25. The van der Waals surface area contributed by atoms with Gasteiger partial charge in [0.05, 0.1) is 0 Å². The lowest BCUT2D eigenvalue weighted by atomic mass is 9.87. The summed E-state index contributed by atoms with van der Waals surface area (Å²) in [6.45, 7) is 4.69. The van der Waals surface area contributed by atoms with Gasteiger partial charge in [-0.15, -0.1) is 0 Å². The van der Waals surface area contributed by atoms with E-state index in [1.807, 2.05) is 0 Å². The van der Waals surface area contributed by atoms with Crippen LogP contribution in [0, 0.1) is 0 Å². The third kappa shape index (κ3) is 1.10. The minimum atomic E-state index is 0.372. The van der Waals surface area contributed by atoms with Gasteiger partial charge in [0.1, 0.15) is 0 Å². The largest absolute Gasteiger partial charge is 0.0813 e. The first-order valence-electron chi connectivity index (χ1n) is 4.35. The smallest absolute Gasteiger partial charge is 0.0242 e. The molecule has 0 aliphatic heterocycles. The molecule has 1 aromatic carbocycles. The molecule has 0 nitrogen and oxygen atoms in total. The van der Waals surface area contributed by atoms with Crippen LogP contribution < -0.4 is 0 Å².